The Labute approximate surface area is 112 Å². The minimum Gasteiger partial charge on any atom is -0.385 e. The number of hydrogen-bond acceptors (Lipinski definition) is 3. The molecule has 98 valence electrons. The maximum atomic E-state index is 11.6. The van der Waals surface area contributed by atoms with E-state index in [1.807, 2.05) is 6.07 Å². The van der Waals surface area contributed by atoms with Crippen molar-refractivity contribution in [3.63, 3.8) is 0 Å². The second-order valence-electron chi connectivity index (χ2n) is 3.55. The summed E-state index contributed by atoms with van der Waals surface area (Å²) in [5.74, 6) is -0.225. The Hall–Kier alpha value is -1.66. The molecule has 0 unspecified atom stereocenters. The van der Waals surface area contributed by atoms with E-state index in [9.17, 15) is 4.79 Å². The molecule has 0 aromatic heterocycles. The zero-order valence-electron chi connectivity index (χ0n) is 10.2. The largest absolute Gasteiger partial charge is 0.385 e. The van der Waals surface area contributed by atoms with Crippen molar-refractivity contribution in [1.29, 1.82) is 0 Å². The predicted octanol–water partition coefficient (Wildman–Crippen LogP) is 0.832. The highest BCUT2D eigenvalue weighted by Gasteiger charge is 2.03. The third kappa shape index (κ3) is 5.60. The molecule has 0 radical (unpaired) electrons. The van der Waals surface area contributed by atoms with Crippen LogP contribution in [0.4, 0.5) is 0 Å². The molecule has 0 saturated heterocycles. The molecule has 1 amide bonds. The van der Waals surface area contributed by atoms with E-state index in [1.54, 1.807) is 31.4 Å². The molecule has 5 nitrogen and oxygen atoms in total. The third-order valence-corrected chi connectivity index (χ3v) is 2.38. The summed E-state index contributed by atoms with van der Waals surface area (Å²) in [5, 5.41) is 3.33. The molecule has 0 spiro atoms. The van der Waals surface area contributed by atoms with Gasteiger partial charge < -0.3 is 10.1 Å². The maximum Gasteiger partial charge on any atom is 0.269 e. The van der Waals surface area contributed by atoms with Crippen LogP contribution in [0.1, 0.15) is 16.8 Å². The lowest BCUT2D eigenvalue weighted by atomic mass is 10.2. The number of nitrogens with one attached hydrogen (secondary N) is 3. The molecule has 3 N–H and O–H groups in total. The third-order valence-electron chi connectivity index (χ3n) is 2.14. The second-order valence-corrected chi connectivity index (χ2v) is 3.96. The highest BCUT2D eigenvalue weighted by atomic mass is 32.1. The summed E-state index contributed by atoms with van der Waals surface area (Å²) in [6.45, 7) is 1.37. The van der Waals surface area contributed by atoms with Crippen LogP contribution in [0.3, 0.4) is 0 Å². The molecule has 0 aliphatic rings. The van der Waals surface area contributed by atoms with Crippen molar-refractivity contribution >= 4 is 23.2 Å². The van der Waals surface area contributed by atoms with E-state index in [0.717, 1.165) is 6.42 Å². The van der Waals surface area contributed by atoms with Gasteiger partial charge in [-0.2, -0.15) is 0 Å². The fourth-order valence-electron chi connectivity index (χ4n) is 1.24. The molecule has 0 aliphatic carbocycles. The predicted molar refractivity (Wildman–Crippen MR) is 74.1 cm³/mol. The zero-order chi connectivity index (χ0) is 13.2. The summed E-state index contributed by atoms with van der Waals surface area (Å²) in [6, 6.07) is 8.91. The van der Waals surface area contributed by atoms with Crippen molar-refractivity contribution in [2.45, 2.75) is 6.42 Å². The van der Waals surface area contributed by atoms with Crippen LogP contribution >= 0.6 is 12.2 Å². The van der Waals surface area contributed by atoms with E-state index in [0.29, 0.717) is 23.8 Å². The van der Waals surface area contributed by atoms with E-state index >= 15 is 0 Å². The molecule has 0 heterocycles. The van der Waals surface area contributed by atoms with Crippen molar-refractivity contribution < 1.29 is 9.53 Å². The standard InChI is InChI=1S/C12H17N3O2S/c1-17-9-5-8-13-12(18)15-14-11(16)10-6-3-2-4-7-10/h2-4,6-7H,5,8-9H2,1H3,(H,14,16)(H2,13,15,18). The van der Waals surface area contributed by atoms with E-state index in [4.69, 9.17) is 17.0 Å². The highest BCUT2D eigenvalue weighted by Crippen LogP contribution is 1.96. The van der Waals surface area contributed by atoms with Gasteiger partial charge in [0, 0.05) is 25.8 Å². The van der Waals surface area contributed by atoms with Crippen molar-refractivity contribution in [2.75, 3.05) is 20.3 Å². The Morgan fingerprint density at radius 3 is 2.67 bits per heavy atom. The van der Waals surface area contributed by atoms with Gasteiger partial charge >= 0.3 is 0 Å². The van der Waals surface area contributed by atoms with Gasteiger partial charge in [-0.15, -0.1) is 0 Å². The van der Waals surface area contributed by atoms with Crippen molar-refractivity contribution in [3.8, 4) is 0 Å². The summed E-state index contributed by atoms with van der Waals surface area (Å²) < 4.78 is 4.91. The molecule has 1 aromatic carbocycles. The SMILES string of the molecule is COCCCNC(=S)NNC(=O)c1ccccc1. The average Bonchev–Trinajstić information content (AvgIpc) is 2.42. The Morgan fingerprint density at radius 2 is 2.00 bits per heavy atom. The molecule has 1 rings (SSSR count). The van der Waals surface area contributed by atoms with Gasteiger partial charge in [0.05, 0.1) is 0 Å². The smallest absolute Gasteiger partial charge is 0.269 e. The number of ether oxygens (including phenoxy) is 1. The molecular weight excluding hydrogens is 250 g/mol. The lowest BCUT2D eigenvalue weighted by Gasteiger charge is -2.11. The van der Waals surface area contributed by atoms with Gasteiger partial charge in [-0.3, -0.25) is 15.6 Å². The molecule has 18 heavy (non-hydrogen) atoms. The number of rotatable bonds is 5. The van der Waals surface area contributed by atoms with E-state index < -0.39 is 0 Å². The number of hydrazine groups is 1. The lowest BCUT2D eigenvalue weighted by Crippen LogP contribution is -2.47. The quantitative estimate of drug-likeness (QED) is 0.419. The first-order valence-corrected chi connectivity index (χ1v) is 6.03. The van der Waals surface area contributed by atoms with Gasteiger partial charge in [-0.1, -0.05) is 18.2 Å². The molecule has 6 heteroatoms. The fourth-order valence-corrected chi connectivity index (χ4v) is 1.39. The summed E-state index contributed by atoms with van der Waals surface area (Å²) >= 11 is 4.99. The van der Waals surface area contributed by atoms with Crippen LogP contribution in [0, 0.1) is 0 Å². The molecule has 0 bridgehead atoms. The first-order chi connectivity index (χ1) is 8.74. The average molecular weight is 267 g/mol. The number of carbonyl (C=O) groups excluding carboxylic acids is 1. The summed E-state index contributed by atoms with van der Waals surface area (Å²) in [4.78, 5) is 11.6. The van der Waals surface area contributed by atoms with Gasteiger partial charge in [0.25, 0.3) is 5.91 Å². The van der Waals surface area contributed by atoms with Crippen LogP contribution < -0.4 is 16.2 Å². The summed E-state index contributed by atoms with van der Waals surface area (Å²) in [5.41, 5.74) is 5.73. The van der Waals surface area contributed by atoms with Gasteiger partial charge in [0.15, 0.2) is 5.11 Å². The van der Waals surface area contributed by atoms with Crippen molar-refractivity contribution in [2.24, 2.45) is 0 Å². The summed E-state index contributed by atoms with van der Waals surface area (Å²) in [6.07, 6.45) is 0.852. The van der Waals surface area contributed by atoms with Gasteiger partial charge in [-0.05, 0) is 30.8 Å². The highest BCUT2D eigenvalue weighted by molar-refractivity contribution is 7.80. The zero-order valence-corrected chi connectivity index (χ0v) is 11.0. The number of amides is 1. The second kappa shape index (κ2) is 8.43. The number of hydrogen-bond donors (Lipinski definition) is 3. The van der Waals surface area contributed by atoms with E-state index in [-0.39, 0.29) is 5.91 Å². The van der Waals surface area contributed by atoms with Crippen molar-refractivity contribution in [1.82, 2.24) is 16.2 Å². The Balaban J connectivity index is 2.20. The normalized spacial score (nSPS) is 9.61. The fraction of sp³-hybridized carbons (Fsp3) is 0.333. The van der Waals surface area contributed by atoms with Gasteiger partial charge in [-0.25, -0.2) is 0 Å². The lowest BCUT2D eigenvalue weighted by molar-refractivity contribution is 0.0943. The Morgan fingerprint density at radius 1 is 1.28 bits per heavy atom. The van der Waals surface area contributed by atoms with Crippen LogP contribution in [0.2, 0.25) is 0 Å². The number of benzene rings is 1. The first-order valence-electron chi connectivity index (χ1n) is 5.62. The minimum atomic E-state index is -0.225. The Bertz CT molecular complexity index is 384. The number of thiocarbonyl (C=S) groups is 1. The molecule has 0 aliphatic heterocycles. The van der Waals surface area contributed by atoms with Crippen LogP contribution in [0.15, 0.2) is 30.3 Å². The van der Waals surface area contributed by atoms with Crippen molar-refractivity contribution in [3.05, 3.63) is 35.9 Å². The topological polar surface area (TPSA) is 62.4 Å². The van der Waals surface area contributed by atoms with Crippen LogP contribution in [0.5, 0.6) is 0 Å². The number of methoxy groups -OCH3 is 1. The van der Waals surface area contributed by atoms with Crippen LogP contribution in [-0.4, -0.2) is 31.3 Å². The molecular formula is C12H17N3O2S. The molecule has 0 saturated carbocycles. The van der Waals surface area contributed by atoms with E-state index in [2.05, 4.69) is 16.2 Å². The molecule has 1 aromatic rings. The monoisotopic (exact) mass is 267 g/mol. The Kier molecular flexibility index (Phi) is 6.75. The van der Waals surface area contributed by atoms with E-state index in [1.165, 1.54) is 0 Å². The molecule has 0 atom stereocenters. The maximum absolute atomic E-state index is 11.6. The molecule has 0 fully saturated rings. The summed E-state index contributed by atoms with van der Waals surface area (Å²) in [7, 11) is 1.65. The first kappa shape index (κ1) is 14.4. The minimum absolute atomic E-state index is 0.225. The van der Waals surface area contributed by atoms with Crippen LogP contribution in [-0.2, 0) is 4.74 Å². The number of carbonyl (C=O) groups is 1. The van der Waals surface area contributed by atoms with Crippen LogP contribution in [0.25, 0.3) is 0 Å². The van der Waals surface area contributed by atoms with Gasteiger partial charge in [0.1, 0.15) is 0 Å². The van der Waals surface area contributed by atoms with Gasteiger partial charge in [0.2, 0.25) is 0 Å².